The Hall–Kier alpha value is -4.26. The topological polar surface area (TPSA) is 81.0 Å². The quantitative estimate of drug-likeness (QED) is 0.396. The first-order valence-electron chi connectivity index (χ1n) is 12.3. The Labute approximate surface area is 215 Å². The monoisotopic (exact) mass is 498 g/mol. The highest BCUT2D eigenvalue weighted by Gasteiger charge is 2.25. The number of ether oxygens (including phenoxy) is 2. The molecule has 1 atom stereocenters. The van der Waals surface area contributed by atoms with Gasteiger partial charge in [-0.2, -0.15) is 0 Å². The van der Waals surface area contributed by atoms with Gasteiger partial charge in [-0.25, -0.2) is 0 Å². The van der Waals surface area contributed by atoms with E-state index >= 15 is 0 Å². The summed E-state index contributed by atoms with van der Waals surface area (Å²) in [4.78, 5) is 27.2. The van der Waals surface area contributed by atoms with Gasteiger partial charge >= 0.3 is 5.97 Å². The number of anilines is 1. The number of aliphatic carboxylic acids is 1. The molecule has 0 spiro atoms. The van der Waals surface area contributed by atoms with Gasteiger partial charge in [0.2, 0.25) is 0 Å². The number of aromatic nitrogens is 1. The van der Waals surface area contributed by atoms with Crippen LogP contribution in [0.4, 0.5) is 5.69 Å². The maximum Gasteiger partial charge on any atom is 0.307 e. The Morgan fingerprint density at radius 1 is 1.00 bits per heavy atom. The zero-order valence-electron chi connectivity index (χ0n) is 21.4. The number of nitrogens with zero attached hydrogens (tertiary/aromatic N) is 2. The summed E-state index contributed by atoms with van der Waals surface area (Å²) in [5, 5.41) is 10.2. The molecule has 5 rings (SSSR count). The first-order chi connectivity index (χ1) is 17.7. The minimum absolute atomic E-state index is 0.119. The molecule has 0 radical (unpaired) electrons. The van der Waals surface area contributed by atoms with E-state index in [0.717, 1.165) is 22.4 Å². The Kier molecular flexibility index (Phi) is 6.38. The third-order valence-corrected chi connectivity index (χ3v) is 6.86. The highest BCUT2D eigenvalue weighted by Crippen LogP contribution is 2.33. The smallest absolute Gasteiger partial charge is 0.307 e. The van der Waals surface area contributed by atoms with E-state index in [1.54, 1.807) is 35.8 Å². The molecule has 2 heterocycles. The fourth-order valence-electron chi connectivity index (χ4n) is 4.98. The van der Waals surface area contributed by atoms with Gasteiger partial charge < -0.3 is 19.5 Å². The van der Waals surface area contributed by atoms with Gasteiger partial charge in [-0.3, -0.25) is 14.2 Å². The van der Waals surface area contributed by atoms with Gasteiger partial charge in [0.05, 0.1) is 24.2 Å². The molecule has 4 aromatic rings. The summed E-state index contributed by atoms with van der Waals surface area (Å²) in [7, 11) is 2.05. The van der Waals surface area contributed by atoms with Crippen molar-refractivity contribution in [2.75, 3.05) is 25.1 Å². The van der Waals surface area contributed by atoms with E-state index < -0.39 is 5.97 Å². The van der Waals surface area contributed by atoms with Crippen LogP contribution in [0.15, 0.2) is 60.7 Å². The maximum absolute atomic E-state index is 13.5. The third kappa shape index (κ3) is 4.77. The molecule has 0 unspecified atom stereocenters. The van der Waals surface area contributed by atoms with Crippen LogP contribution in [0.3, 0.4) is 0 Å². The number of carbonyl (C=O) groups excluding carboxylic acids is 1. The van der Waals surface area contributed by atoms with Crippen LogP contribution >= 0.6 is 0 Å². The number of carboxylic acid groups (broad SMARTS) is 1. The number of benzene rings is 3. The summed E-state index contributed by atoms with van der Waals surface area (Å²) in [5.41, 5.74) is 5.78. The maximum atomic E-state index is 13.5. The number of fused-ring (bicyclic) bond motifs is 2. The van der Waals surface area contributed by atoms with Crippen molar-refractivity contribution in [1.29, 1.82) is 0 Å². The van der Waals surface area contributed by atoms with Crippen LogP contribution in [0.25, 0.3) is 10.9 Å². The molecule has 1 N–H and O–H groups in total. The standard InChI is InChI=1S/C30H30N2O5/c1-18-5-11-26-25(13-18)24(15-29(33)34)20(3)32(26)30(35)21-7-9-22(10-8-21)36-17-23-16-31(4)27-14-19(2)6-12-28(27)37-23/h5-14,23H,15-17H2,1-4H3,(H,33,34)/t23-/m0/s1. The molecule has 1 aromatic heterocycles. The summed E-state index contributed by atoms with van der Waals surface area (Å²) >= 11 is 0. The largest absolute Gasteiger partial charge is 0.490 e. The second-order valence-electron chi connectivity index (χ2n) is 9.72. The van der Waals surface area contributed by atoms with Crippen LogP contribution in [-0.4, -0.2) is 47.9 Å². The molecule has 0 amide bonds. The summed E-state index contributed by atoms with van der Waals surface area (Å²) in [6.45, 7) is 6.90. The lowest BCUT2D eigenvalue weighted by atomic mass is 10.1. The van der Waals surface area contributed by atoms with Crippen molar-refractivity contribution in [2.45, 2.75) is 33.3 Å². The lowest BCUT2D eigenvalue weighted by Gasteiger charge is -2.33. The second-order valence-corrected chi connectivity index (χ2v) is 9.72. The molecule has 0 aliphatic carbocycles. The van der Waals surface area contributed by atoms with Crippen molar-refractivity contribution in [3.63, 3.8) is 0 Å². The van der Waals surface area contributed by atoms with Crippen molar-refractivity contribution in [1.82, 2.24) is 4.57 Å². The van der Waals surface area contributed by atoms with Gasteiger partial charge in [0, 0.05) is 23.7 Å². The molecular formula is C30H30N2O5. The second kappa shape index (κ2) is 9.65. The number of likely N-dealkylation sites (N-methyl/N-ethyl adjacent to an activating group) is 1. The average Bonchev–Trinajstić information content (AvgIpc) is 3.13. The lowest BCUT2D eigenvalue weighted by molar-refractivity contribution is -0.136. The Morgan fingerprint density at radius 3 is 2.43 bits per heavy atom. The Morgan fingerprint density at radius 2 is 1.70 bits per heavy atom. The van der Waals surface area contributed by atoms with Crippen LogP contribution in [-0.2, 0) is 11.2 Å². The number of carboxylic acids is 1. The molecule has 37 heavy (non-hydrogen) atoms. The SMILES string of the molecule is Cc1ccc2c(c1)N(C)C[C@@H](COc1ccc(C(=O)n3c(C)c(CC(=O)O)c4cc(C)ccc43)cc1)O2. The molecule has 7 nitrogen and oxygen atoms in total. The van der Waals surface area contributed by atoms with E-state index in [0.29, 0.717) is 41.2 Å². The summed E-state index contributed by atoms with van der Waals surface area (Å²) in [5.74, 6) is 0.359. The fourth-order valence-corrected chi connectivity index (χ4v) is 4.98. The zero-order valence-corrected chi connectivity index (χ0v) is 21.4. The molecule has 190 valence electrons. The summed E-state index contributed by atoms with van der Waals surface area (Å²) in [6, 6.07) is 18.9. The van der Waals surface area contributed by atoms with Gasteiger partial charge in [0.15, 0.2) is 0 Å². The average molecular weight is 499 g/mol. The molecule has 7 heteroatoms. The molecular weight excluding hydrogens is 468 g/mol. The first-order valence-corrected chi connectivity index (χ1v) is 12.3. The van der Waals surface area contributed by atoms with Crippen LogP contribution in [0.5, 0.6) is 11.5 Å². The van der Waals surface area contributed by atoms with Gasteiger partial charge in [-0.15, -0.1) is 0 Å². The number of aryl methyl sites for hydroxylation is 2. The lowest BCUT2D eigenvalue weighted by Crippen LogP contribution is -2.41. The fraction of sp³-hybridized carbons (Fsp3) is 0.267. The van der Waals surface area contributed by atoms with Gasteiger partial charge in [0.1, 0.15) is 24.2 Å². The molecule has 0 fully saturated rings. The van der Waals surface area contributed by atoms with Crippen molar-refractivity contribution in [3.05, 3.63) is 88.6 Å². The highest BCUT2D eigenvalue weighted by atomic mass is 16.5. The van der Waals surface area contributed by atoms with Crippen LogP contribution in [0.2, 0.25) is 0 Å². The molecule has 1 aliphatic rings. The first kappa shape index (κ1) is 24.4. The normalized spacial score (nSPS) is 14.8. The number of carbonyl (C=O) groups is 2. The Balaban J connectivity index is 1.32. The van der Waals surface area contributed by atoms with E-state index in [4.69, 9.17) is 9.47 Å². The highest BCUT2D eigenvalue weighted by molar-refractivity contribution is 6.04. The predicted molar refractivity (Wildman–Crippen MR) is 143 cm³/mol. The minimum atomic E-state index is -0.927. The predicted octanol–water partition coefficient (Wildman–Crippen LogP) is 5.16. The molecule has 0 bridgehead atoms. The zero-order chi connectivity index (χ0) is 26.3. The van der Waals surface area contributed by atoms with Gasteiger partial charge in [-0.1, -0.05) is 17.7 Å². The van der Waals surface area contributed by atoms with Crippen molar-refractivity contribution in [2.24, 2.45) is 0 Å². The summed E-state index contributed by atoms with van der Waals surface area (Å²) < 4.78 is 13.7. The number of hydrogen-bond acceptors (Lipinski definition) is 5. The van der Waals surface area contributed by atoms with E-state index in [1.165, 1.54) is 5.56 Å². The molecule has 3 aromatic carbocycles. The van der Waals surface area contributed by atoms with Crippen molar-refractivity contribution in [3.8, 4) is 11.5 Å². The third-order valence-electron chi connectivity index (χ3n) is 6.86. The van der Waals surface area contributed by atoms with E-state index in [9.17, 15) is 14.7 Å². The van der Waals surface area contributed by atoms with Crippen LogP contribution in [0, 0.1) is 20.8 Å². The van der Waals surface area contributed by atoms with Crippen molar-refractivity contribution >= 4 is 28.5 Å². The number of hydrogen-bond donors (Lipinski definition) is 1. The van der Waals surface area contributed by atoms with Crippen LogP contribution in [0.1, 0.15) is 32.7 Å². The van der Waals surface area contributed by atoms with Gasteiger partial charge in [0.25, 0.3) is 5.91 Å². The van der Waals surface area contributed by atoms with E-state index in [2.05, 4.69) is 17.9 Å². The minimum Gasteiger partial charge on any atom is -0.490 e. The molecule has 0 saturated heterocycles. The summed E-state index contributed by atoms with van der Waals surface area (Å²) in [6.07, 6.45) is -0.257. The molecule has 0 saturated carbocycles. The van der Waals surface area contributed by atoms with E-state index in [1.807, 2.05) is 44.3 Å². The van der Waals surface area contributed by atoms with E-state index in [-0.39, 0.29) is 18.4 Å². The van der Waals surface area contributed by atoms with Gasteiger partial charge in [-0.05, 0) is 80.4 Å². The number of rotatable bonds is 6. The molecule has 1 aliphatic heterocycles. The Bertz CT molecular complexity index is 1500. The van der Waals surface area contributed by atoms with Crippen LogP contribution < -0.4 is 14.4 Å². The van der Waals surface area contributed by atoms with Crippen molar-refractivity contribution < 1.29 is 24.2 Å².